The highest BCUT2D eigenvalue weighted by Crippen LogP contribution is 2.23. The van der Waals surface area contributed by atoms with E-state index in [2.05, 4.69) is 17.2 Å². The minimum atomic E-state index is 0.561. The van der Waals surface area contributed by atoms with Crippen LogP contribution in [0.1, 0.15) is 19.8 Å². The number of ether oxygens (including phenoxy) is 1. The lowest BCUT2D eigenvalue weighted by Crippen LogP contribution is -2.05. The summed E-state index contributed by atoms with van der Waals surface area (Å²) in [7, 11) is 0. The molecule has 3 N–H and O–H groups in total. The summed E-state index contributed by atoms with van der Waals surface area (Å²) in [6.45, 7) is 4.21. The average molecular weight is 249 g/mol. The highest BCUT2D eigenvalue weighted by atomic mass is 16.5. The Hall–Kier alpha value is -1.75. The van der Waals surface area contributed by atoms with Crippen LogP contribution in [0.2, 0.25) is 0 Å². The van der Waals surface area contributed by atoms with Gasteiger partial charge < -0.3 is 20.2 Å². The van der Waals surface area contributed by atoms with Crippen LogP contribution in [-0.2, 0) is 0 Å². The number of oxazole rings is 1. The van der Waals surface area contributed by atoms with Crippen LogP contribution < -0.4 is 15.8 Å². The number of nitrogens with two attached hydrogens (primary N) is 1. The Morgan fingerprint density at radius 2 is 2.33 bits per heavy atom. The molecule has 1 aromatic carbocycles. The van der Waals surface area contributed by atoms with Gasteiger partial charge in [0, 0.05) is 12.6 Å². The summed E-state index contributed by atoms with van der Waals surface area (Å²) < 4.78 is 11.1. The van der Waals surface area contributed by atoms with Gasteiger partial charge in [-0.3, -0.25) is 0 Å². The molecule has 0 saturated carbocycles. The minimum Gasteiger partial charge on any atom is -0.493 e. The van der Waals surface area contributed by atoms with Crippen LogP contribution in [0.5, 0.6) is 5.75 Å². The Balaban J connectivity index is 2.07. The number of nitrogens with one attached hydrogen (secondary N) is 1. The number of anilines is 1. The van der Waals surface area contributed by atoms with E-state index >= 15 is 0 Å². The van der Waals surface area contributed by atoms with Gasteiger partial charge in [0.15, 0.2) is 5.58 Å². The zero-order valence-electron chi connectivity index (χ0n) is 10.6. The molecule has 5 nitrogen and oxygen atoms in total. The molecule has 5 heteroatoms. The molecular weight excluding hydrogens is 230 g/mol. The molecule has 0 aliphatic carbocycles. The number of hydrogen-bond donors (Lipinski definition) is 2. The fraction of sp³-hybridized carbons (Fsp3) is 0.462. The Morgan fingerprint density at radius 3 is 3.11 bits per heavy atom. The second kappa shape index (κ2) is 6.26. The van der Waals surface area contributed by atoms with E-state index in [1.807, 2.05) is 18.2 Å². The summed E-state index contributed by atoms with van der Waals surface area (Å²) in [5, 5.41) is 3.12. The first kappa shape index (κ1) is 12.7. The SMILES string of the molecule is CCCNc1nc2ccc(OCCCN)cc2o1. The van der Waals surface area contributed by atoms with Crippen molar-refractivity contribution >= 4 is 17.1 Å². The van der Waals surface area contributed by atoms with E-state index in [0.29, 0.717) is 19.2 Å². The number of hydrogen-bond acceptors (Lipinski definition) is 5. The molecule has 0 fully saturated rings. The third kappa shape index (κ3) is 3.13. The molecule has 0 spiro atoms. The third-order valence-electron chi connectivity index (χ3n) is 2.50. The standard InChI is InChI=1S/C13H19N3O2/c1-2-7-15-13-16-11-5-4-10(9-12(11)18-13)17-8-3-6-14/h4-5,9H,2-3,6-8,14H2,1H3,(H,15,16). The predicted octanol–water partition coefficient (Wildman–Crippen LogP) is 2.38. The maximum atomic E-state index is 5.59. The number of benzene rings is 1. The van der Waals surface area contributed by atoms with E-state index in [9.17, 15) is 0 Å². The Kier molecular flexibility index (Phi) is 4.41. The van der Waals surface area contributed by atoms with Crippen LogP contribution >= 0.6 is 0 Å². The molecule has 0 saturated heterocycles. The van der Waals surface area contributed by atoms with Gasteiger partial charge >= 0.3 is 0 Å². The summed E-state index contributed by atoms with van der Waals surface area (Å²) in [5.41, 5.74) is 6.98. The van der Waals surface area contributed by atoms with Crippen molar-refractivity contribution in [1.82, 2.24) is 4.98 Å². The van der Waals surface area contributed by atoms with Gasteiger partial charge in [-0.1, -0.05) is 6.92 Å². The molecule has 0 aliphatic heterocycles. The molecule has 0 bridgehead atoms. The summed E-state index contributed by atoms with van der Waals surface area (Å²) in [6.07, 6.45) is 1.88. The molecule has 98 valence electrons. The number of rotatable bonds is 7. The van der Waals surface area contributed by atoms with E-state index in [1.54, 1.807) is 0 Å². The second-order valence-corrected chi connectivity index (χ2v) is 4.07. The first-order valence-electron chi connectivity index (χ1n) is 6.31. The van der Waals surface area contributed by atoms with Crippen LogP contribution in [0.15, 0.2) is 22.6 Å². The van der Waals surface area contributed by atoms with Gasteiger partial charge in [0.2, 0.25) is 0 Å². The quantitative estimate of drug-likeness (QED) is 0.737. The summed E-state index contributed by atoms with van der Waals surface area (Å²) in [4.78, 5) is 4.33. The molecule has 0 unspecified atom stereocenters. The molecule has 18 heavy (non-hydrogen) atoms. The zero-order valence-corrected chi connectivity index (χ0v) is 10.6. The van der Waals surface area contributed by atoms with Crippen LogP contribution in [0, 0.1) is 0 Å². The highest BCUT2D eigenvalue weighted by Gasteiger charge is 2.06. The largest absolute Gasteiger partial charge is 0.493 e. The van der Waals surface area contributed by atoms with Crippen molar-refractivity contribution in [2.45, 2.75) is 19.8 Å². The Bertz CT molecular complexity index is 496. The van der Waals surface area contributed by atoms with Crippen molar-refractivity contribution in [2.75, 3.05) is 25.0 Å². The van der Waals surface area contributed by atoms with Crippen LogP contribution in [0.25, 0.3) is 11.1 Å². The first-order valence-corrected chi connectivity index (χ1v) is 6.31. The van der Waals surface area contributed by atoms with Crippen molar-refractivity contribution in [2.24, 2.45) is 5.73 Å². The fourth-order valence-electron chi connectivity index (χ4n) is 1.58. The average Bonchev–Trinajstić information content (AvgIpc) is 2.78. The molecule has 1 heterocycles. The summed E-state index contributed by atoms with van der Waals surface area (Å²) in [6, 6.07) is 6.21. The van der Waals surface area contributed by atoms with Crippen LogP contribution in [-0.4, -0.2) is 24.7 Å². The molecular formula is C13H19N3O2. The lowest BCUT2D eigenvalue weighted by molar-refractivity contribution is 0.313. The maximum absolute atomic E-state index is 5.59. The lowest BCUT2D eigenvalue weighted by Gasteiger charge is -2.03. The van der Waals surface area contributed by atoms with Gasteiger partial charge in [0.25, 0.3) is 6.01 Å². The molecule has 0 atom stereocenters. The summed E-state index contributed by atoms with van der Waals surface area (Å²) >= 11 is 0. The van der Waals surface area contributed by atoms with Crippen molar-refractivity contribution in [3.8, 4) is 5.75 Å². The van der Waals surface area contributed by atoms with Crippen molar-refractivity contribution < 1.29 is 9.15 Å². The van der Waals surface area contributed by atoms with Gasteiger partial charge in [-0.2, -0.15) is 4.98 Å². The summed E-state index contributed by atoms with van der Waals surface area (Å²) in [5.74, 6) is 0.786. The van der Waals surface area contributed by atoms with E-state index in [-0.39, 0.29) is 0 Å². The predicted molar refractivity (Wildman–Crippen MR) is 72.0 cm³/mol. The number of fused-ring (bicyclic) bond motifs is 1. The van der Waals surface area contributed by atoms with Gasteiger partial charge in [0.05, 0.1) is 6.61 Å². The van der Waals surface area contributed by atoms with Crippen molar-refractivity contribution in [3.63, 3.8) is 0 Å². The molecule has 0 radical (unpaired) electrons. The maximum Gasteiger partial charge on any atom is 0.295 e. The van der Waals surface area contributed by atoms with E-state index in [4.69, 9.17) is 14.9 Å². The van der Waals surface area contributed by atoms with Gasteiger partial charge in [0.1, 0.15) is 11.3 Å². The van der Waals surface area contributed by atoms with Crippen molar-refractivity contribution in [1.29, 1.82) is 0 Å². The van der Waals surface area contributed by atoms with E-state index < -0.39 is 0 Å². The molecule has 1 aromatic heterocycles. The third-order valence-corrected chi connectivity index (χ3v) is 2.50. The minimum absolute atomic E-state index is 0.561. The van der Waals surface area contributed by atoms with Gasteiger partial charge in [-0.25, -0.2) is 0 Å². The topological polar surface area (TPSA) is 73.3 Å². The molecule has 0 aliphatic rings. The molecule has 2 rings (SSSR count). The van der Waals surface area contributed by atoms with Gasteiger partial charge in [-0.15, -0.1) is 0 Å². The second-order valence-electron chi connectivity index (χ2n) is 4.07. The smallest absolute Gasteiger partial charge is 0.295 e. The lowest BCUT2D eigenvalue weighted by atomic mass is 10.3. The fourth-order valence-corrected chi connectivity index (χ4v) is 1.58. The van der Waals surface area contributed by atoms with Crippen molar-refractivity contribution in [3.05, 3.63) is 18.2 Å². The Labute approximate surface area is 106 Å². The molecule has 2 aromatic rings. The number of aromatic nitrogens is 1. The van der Waals surface area contributed by atoms with E-state index in [1.165, 1.54) is 0 Å². The molecule has 0 amide bonds. The van der Waals surface area contributed by atoms with Gasteiger partial charge in [-0.05, 0) is 31.5 Å². The highest BCUT2D eigenvalue weighted by molar-refractivity contribution is 5.76. The van der Waals surface area contributed by atoms with Crippen LogP contribution in [0.3, 0.4) is 0 Å². The van der Waals surface area contributed by atoms with E-state index in [0.717, 1.165) is 36.2 Å². The normalized spacial score (nSPS) is 10.8. The Morgan fingerprint density at radius 1 is 1.44 bits per heavy atom. The number of nitrogens with zero attached hydrogens (tertiary/aromatic N) is 1. The van der Waals surface area contributed by atoms with Crippen LogP contribution in [0.4, 0.5) is 6.01 Å². The monoisotopic (exact) mass is 249 g/mol. The zero-order chi connectivity index (χ0) is 12.8. The first-order chi connectivity index (χ1) is 8.83.